The van der Waals surface area contributed by atoms with Crippen LogP contribution in [0.4, 0.5) is 10.1 Å². The normalized spacial score (nSPS) is 24.8. The number of rotatable bonds is 4. The van der Waals surface area contributed by atoms with E-state index in [1.807, 2.05) is 0 Å². The van der Waals surface area contributed by atoms with Crippen molar-refractivity contribution in [2.75, 3.05) is 31.2 Å². The van der Waals surface area contributed by atoms with Crippen LogP contribution in [0.2, 0.25) is 0 Å². The molecule has 6 heteroatoms. The number of hydrogen-bond acceptors (Lipinski definition) is 3. The molecule has 0 unspecified atom stereocenters. The maximum Gasteiger partial charge on any atom is 0.227 e. The van der Waals surface area contributed by atoms with E-state index < -0.39 is 0 Å². The molecule has 1 N–H and O–H groups in total. The fourth-order valence-electron chi connectivity index (χ4n) is 2.89. The summed E-state index contributed by atoms with van der Waals surface area (Å²) >= 11 is 0. The van der Waals surface area contributed by atoms with Crippen molar-refractivity contribution in [1.29, 1.82) is 0 Å². The van der Waals surface area contributed by atoms with E-state index >= 15 is 0 Å². The summed E-state index contributed by atoms with van der Waals surface area (Å²) < 4.78 is 18.2. The zero-order valence-electron chi connectivity index (χ0n) is 12.3. The van der Waals surface area contributed by atoms with E-state index in [4.69, 9.17) is 4.74 Å². The summed E-state index contributed by atoms with van der Waals surface area (Å²) in [7, 11) is 0. The Balaban J connectivity index is 1.56. The number of benzene rings is 1. The first-order valence-electron chi connectivity index (χ1n) is 7.55. The minimum atomic E-state index is -0.347. The molecule has 5 nitrogen and oxygen atoms in total. The molecular weight excluding hydrogens is 287 g/mol. The summed E-state index contributed by atoms with van der Waals surface area (Å²) in [5.41, 5.74) is 0.630. The van der Waals surface area contributed by atoms with E-state index in [2.05, 4.69) is 5.32 Å². The van der Waals surface area contributed by atoms with Crippen molar-refractivity contribution in [2.24, 2.45) is 11.8 Å². The first-order chi connectivity index (χ1) is 10.6. The van der Waals surface area contributed by atoms with Crippen molar-refractivity contribution in [2.45, 2.75) is 12.8 Å². The third-order valence-electron chi connectivity index (χ3n) is 4.22. The summed E-state index contributed by atoms with van der Waals surface area (Å²) in [5.74, 6) is -0.515. The number of carbonyl (C=O) groups is 2. The van der Waals surface area contributed by atoms with Crippen LogP contribution in [0.3, 0.4) is 0 Å². The number of nitrogens with zero attached hydrogens (tertiary/aromatic N) is 1. The largest absolute Gasteiger partial charge is 0.381 e. The maximum absolute atomic E-state index is 12.9. The average molecular weight is 306 g/mol. The lowest BCUT2D eigenvalue weighted by Gasteiger charge is -2.17. The van der Waals surface area contributed by atoms with Gasteiger partial charge in [0.1, 0.15) is 5.82 Å². The molecule has 2 saturated heterocycles. The number of halogens is 1. The Morgan fingerprint density at radius 3 is 2.82 bits per heavy atom. The summed E-state index contributed by atoms with van der Waals surface area (Å²) in [6.07, 6.45) is 1.16. The van der Waals surface area contributed by atoms with Gasteiger partial charge in [-0.3, -0.25) is 9.59 Å². The molecule has 0 aliphatic carbocycles. The molecule has 2 atom stereocenters. The van der Waals surface area contributed by atoms with Crippen molar-refractivity contribution < 1.29 is 18.7 Å². The molecule has 2 amide bonds. The Bertz CT molecular complexity index is 555. The maximum atomic E-state index is 12.9. The van der Waals surface area contributed by atoms with Gasteiger partial charge in [0.2, 0.25) is 11.8 Å². The van der Waals surface area contributed by atoms with Gasteiger partial charge in [0, 0.05) is 37.7 Å². The molecule has 0 bridgehead atoms. The predicted molar refractivity (Wildman–Crippen MR) is 78.8 cm³/mol. The van der Waals surface area contributed by atoms with Gasteiger partial charge in [0.15, 0.2) is 0 Å². The molecule has 0 spiro atoms. The standard InChI is InChI=1S/C16H19FN2O3/c17-13-1-3-14(4-2-13)19-9-12(7-15(19)20)16(21)18-8-11-5-6-22-10-11/h1-4,11-12H,5-10H2,(H,18,21)/t11-,12-/m0/s1. The molecule has 2 fully saturated rings. The molecule has 2 heterocycles. The van der Waals surface area contributed by atoms with Crippen LogP contribution in [0.25, 0.3) is 0 Å². The van der Waals surface area contributed by atoms with E-state index in [1.54, 1.807) is 17.0 Å². The predicted octanol–water partition coefficient (Wildman–Crippen LogP) is 1.33. The van der Waals surface area contributed by atoms with E-state index in [-0.39, 0.29) is 30.0 Å². The first kappa shape index (κ1) is 15.0. The molecule has 0 radical (unpaired) electrons. The summed E-state index contributed by atoms with van der Waals surface area (Å²) in [6.45, 7) is 2.38. The summed E-state index contributed by atoms with van der Waals surface area (Å²) in [6, 6.07) is 5.75. The van der Waals surface area contributed by atoms with E-state index in [9.17, 15) is 14.0 Å². The van der Waals surface area contributed by atoms with Crippen molar-refractivity contribution in [1.82, 2.24) is 5.32 Å². The van der Waals surface area contributed by atoms with Gasteiger partial charge < -0.3 is 15.0 Å². The lowest BCUT2D eigenvalue weighted by molar-refractivity contribution is -0.126. The molecule has 118 valence electrons. The number of amides is 2. The molecular formula is C16H19FN2O3. The fraction of sp³-hybridized carbons (Fsp3) is 0.500. The molecule has 2 aliphatic heterocycles. The monoisotopic (exact) mass is 306 g/mol. The van der Waals surface area contributed by atoms with E-state index in [0.717, 1.165) is 13.0 Å². The van der Waals surface area contributed by atoms with Crippen molar-refractivity contribution in [3.63, 3.8) is 0 Å². The molecule has 1 aromatic rings. The van der Waals surface area contributed by atoms with Gasteiger partial charge in [0.25, 0.3) is 0 Å². The van der Waals surface area contributed by atoms with E-state index in [1.165, 1.54) is 12.1 Å². The second-order valence-electron chi connectivity index (χ2n) is 5.86. The Labute approximate surface area is 128 Å². The quantitative estimate of drug-likeness (QED) is 0.913. The summed E-state index contributed by atoms with van der Waals surface area (Å²) in [4.78, 5) is 25.8. The lowest BCUT2D eigenvalue weighted by Crippen LogP contribution is -2.36. The molecule has 3 rings (SSSR count). The Kier molecular flexibility index (Phi) is 4.38. The number of anilines is 1. The highest BCUT2D eigenvalue weighted by Gasteiger charge is 2.35. The van der Waals surface area contributed by atoms with Crippen molar-refractivity contribution in [3.8, 4) is 0 Å². The Morgan fingerprint density at radius 2 is 2.14 bits per heavy atom. The minimum absolute atomic E-state index is 0.0927. The molecule has 2 aliphatic rings. The van der Waals surface area contributed by atoms with Gasteiger partial charge in [-0.15, -0.1) is 0 Å². The van der Waals surface area contributed by atoms with Gasteiger partial charge in [-0.05, 0) is 30.7 Å². The van der Waals surface area contributed by atoms with Crippen LogP contribution in [0.15, 0.2) is 24.3 Å². The fourth-order valence-corrected chi connectivity index (χ4v) is 2.89. The smallest absolute Gasteiger partial charge is 0.227 e. The number of hydrogen-bond donors (Lipinski definition) is 1. The van der Waals surface area contributed by atoms with Crippen LogP contribution in [0.5, 0.6) is 0 Å². The van der Waals surface area contributed by atoms with E-state index in [0.29, 0.717) is 31.3 Å². The SMILES string of the molecule is O=C(NC[C@@H]1CCOC1)[C@H]1CC(=O)N(c2ccc(F)cc2)C1. The average Bonchev–Trinajstić information content (AvgIpc) is 3.15. The van der Waals surface area contributed by atoms with Gasteiger partial charge in [-0.25, -0.2) is 4.39 Å². The van der Waals surface area contributed by atoms with Crippen LogP contribution < -0.4 is 10.2 Å². The second kappa shape index (κ2) is 6.44. The zero-order valence-corrected chi connectivity index (χ0v) is 12.3. The molecule has 1 aromatic carbocycles. The number of carbonyl (C=O) groups excluding carboxylic acids is 2. The second-order valence-corrected chi connectivity index (χ2v) is 5.86. The molecule has 0 aromatic heterocycles. The Morgan fingerprint density at radius 1 is 1.36 bits per heavy atom. The van der Waals surface area contributed by atoms with Gasteiger partial charge in [-0.1, -0.05) is 0 Å². The highest BCUT2D eigenvalue weighted by Crippen LogP contribution is 2.25. The van der Waals surface area contributed by atoms with Crippen LogP contribution in [0.1, 0.15) is 12.8 Å². The summed E-state index contributed by atoms with van der Waals surface area (Å²) in [5, 5.41) is 2.91. The lowest BCUT2D eigenvalue weighted by atomic mass is 10.1. The van der Waals surface area contributed by atoms with Crippen molar-refractivity contribution >= 4 is 17.5 Å². The Hall–Kier alpha value is -1.95. The minimum Gasteiger partial charge on any atom is -0.381 e. The molecule has 22 heavy (non-hydrogen) atoms. The first-order valence-corrected chi connectivity index (χ1v) is 7.55. The topological polar surface area (TPSA) is 58.6 Å². The zero-order chi connectivity index (χ0) is 15.5. The molecule has 0 saturated carbocycles. The van der Waals surface area contributed by atoms with Crippen LogP contribution in [-0.2, 0) is 14.3 Å². The van der Waals surface area contributed by atoms with Gasteiger partial charge >= 0.3 is 0 Å². The highest BCUT2D eigenvalue weighted by atomic mass is 19.1. The number of ether oxygens (including phenoxy) is 1. The van der Waals surface area contributed by atoms with Crippen molar-refractivity contribution in [3.05, 3.63) is 30.1 Å². The third-order valence-corrected chi connectivity index (χ3v) is 4.22. The number of nitrogens with one attached hydrogen (secondary N) is 1. The third kappa shape index (κ3) is 3.27. The van der Waals surface area contributed by atoms with Crippen LogP contribution in [-0.4, -0.2) is 38.1 Å². The van der Waals surface area contributed by atoms with Gasteiger partial charge in [-0.2, -0.15) is 0 Å². The van der Waals surface area contributed by atoms with Gasteiger partial charge in [0.05, 0.1) is 12.5 Å². The van der Waals surface area contributed by atoms with Crippen LogP contribution in [0, 0.1) is 17.7 Å². The van der Waals surface area contributed by atoms with Crippen LogP contribution >= 0.6 is 0 Å². The highest BCUT2D eigenvalue weighted by molar-refractivity contribution is 6.00.